The summed E-state index contributed by atoms with van der Waals surface area (Å²) < 4.78 is 1.01. The van der Waals surface area contributed by atoms with Crippen molar-refractivity contribution in [3.63, 3.8) is 0 Å². The molecule has 0 fully saturated rings. The van der Waals surface area contributed by atoms with Crippen LogP contribution in [0, 0.1) is 0 Å². The Labute approximate surface area is 40.4 Å². The van der Waals surface area contributed by atoms with Crippen LogP contribution >= 0.6 is 0 Å². The van der Waals surface area contributed by atoms with Crippen molar-refractivity contribution < 1.29 is 0 Å². The summed E-state index contributed by atoms with van der Waals surface area (Å²) in [6.45, 7) is 4.56. The van der Waals surface area contributed by atoms with Gasteiger partial charge in [0.1, 0.15) is 0 Å². The van der Waals surface area contributed by atoms with E-state index in [0.29, 0.717) is 15.4 Å². The molecule has 5 heavy (non-hydrogen) atoms. The van der Waals surface area contributed by atoms with Gasteiger partial charge in [-0.15, -0.1) is 0 Å². The third kappa shape index (κ3) is 4.54. The molecule has 0 heterocycles. The van der Waals surface area contributed by atoms with Crippen LogP contribution in [0.1, 0.15) is 13.8 Å². The first-order valence-electron chi connectivity index (χ1n) is 1.94. The van der Waals surface area contributed by atoms with Gasteiger partial charge in [0.05, 0.1) is 0 Å². The minimum atomic E-state index is 0.444. The second-order valence-corrected chi connectivity index (χ2v) is 5.08. The van der Waals surface area contributed by atoms with Crippen molar-refractivity contribution >= 4 is 15.4 Å². The molecule has 30 valence electrons. The standard InChI is InChI=1S/C4H10Ge/c1-4(2)5-3/h4H,1-3H3. The molecule has 0 nitrogen and oxygen atoms in total. The maximum atomic E-state index is 2.32. The van der Waals surface area contributed by atoms with Gasteiger partial charge >= 0.3 is 39.8 Å². The Morgan fingerprint density at radius 2 is 1.60 bits per heavy atom. The first-order chi connectivity index (χ1) is 2.27. The van der Waals surface area contributed by atoms with Crippen molar-refractivity contribution in [2.75, 3.05) is 0 Å². The van der Waals surface area contributed by atoms with E-state index in [-0.39, 0.29) is 0 Å². The minimum absolute atomic E-state index is 0.444. The molecule has 0 saturated heterocycles. The van der Waals surface area contributed by atoms with Gasteiger partial charge in [-0.1, -0.05) is 0 Å². The van der Waals surface area contributed by atoms with Crippen molar-refractivity contribution in [3.05, 3.63) is 0 Å². The molecule has 0 bridgehead atoms. The predicted molar refractivity (Wildman–Crippen MR) is 26.7 cm³/mol. The van der Waals surface area contributed by atoms with Crippen LogP contribution in [0.2, 0.25) is 10.5 Å². The normalized spacial score (nSPS) is 9.60. The third-order valence-electron chi connectivity index (χ3n) is 0.577. The Balaban J connectivity index is 2.54. The summed E-state index contributed by atoms with van der Waals surface area (Å²) in [4.78, 5) is 0. The van der Waals surface area contributed by atoms with Gasteiger partial charge in [0, 0.05) is 0 Å². The predicted octanol–water partition coefficient (Wildman–Crippen LogP) is 1.57. The zero-order valence-corrected chi connectivity index (χ0v) is 6.18. The van der Waals surface area contributed by atoms with E-state index in [2.05, 4.69) is 19.6 Å². The van der Waals surface area contributed by atoms with Crippen LogP contribution in [-0.2, 0) is 0 Å². The van der Waals surface area contributed by atoms with Gasteiger partial charge in [-0.2, -0.15) is 0 Å². The topological polar surface area (TPSA) is 0 Å². The Kier molecular flexibility index (Phi) is 3.06. The molecule has 0 unspecified atom stereocenters. The fourth-order valence-electron chi connectivity index (χ4n) is 0. The summed E-state index contributed by atoms with van der Waals surface area (Å²) in [7, 11) is 0. The second kappa shape index (κ2) is 2.76. The monoisotopic (exact) mass is 132 g/mol. The first kappa shape index (κ1) is 5.54. The molecular formula is C4H10Ge. The molecule has 0 amide bonds. The molecule has 0 rings (SSSR count). The van der Waals surface area contributed by atoms with Crippen molar-refractivity contribution in [2.45, 2.75) is 24.4 Å². The fraction of sp³-hybridized carbons (Fsp3) is 1.00. The SMILES string of the molecule is [CH3][Ge][CH](C)C. The van der Waals surface area contributed by atoms with E-state index >= 15 is 0 Å². The van der Waals surface area contributed by atoms with Crippen molar-refractivity contribution in [3.8, 4) is 0 Å². The average molecular weight is 131 g/mol. The average Bonchev–Trinajstić information content (AvgIpc) is 1.38. The number of hydrogen-bond donors (Lipinski definition) is 0. The molecule has 0 aromatic rings. The van der Waals surface area contributed by atoms with Crippen LogP contribution in [0.25, 0.3) is 0 Å². The Bertz CT molecular complexity index is 17.6. The van der Waals surface area contributed by atoms with Crippen molar-refractivity contribution in [2.24, 2.45) is 0 Å². The van der Waals surface area contributed by atoms with E-state index in [4.69, 9.17) is 0 Å². The van der Waals surface area contributed by atoms with E-state index in [9.17, 15) is 0 Å². The van der Waals surface area contributed by atoms with Crippen LogP contribution < -0.4 is 0 Å². The van der Waals surface area contributed by atoms with Crippen LogP contribution in [-0.4, -0.2) is 15.4 Å². The van der Waals surface area contributed by atoms with E-state index in [1.165, 1.54) is 0 Å². The van der Waals surface area contributed by atoms with Crippen molar-refractivity contribution in [1.29, 1.82) is 0 Å². The van der Waals surface area contributed by atoms with Crippen molar-refractivity contribution in [1.82, 2.24) is 0 Å². The molecule has 0 spiro atoms. The number of hydrogen-bond acceptors (Lipinski definition) is 0. The van der Waals surface area contributed by atoms with Gasteiger partial charge < -0.3 is 0 Å². The van der Waals surface area contributed by atoms with E-state index < -0.39 is 0 Å². The van der Waals surface area contributed by atoms with E-state index in [1.54, 1.807) is 0 Å². The van der Waals surface area contributed by atoms with Gasteiger partial charge in [-0.05, 0) is 0 Å². The molecule has 0 atom stereocenters. The Morgan fingerprint density at radius 3 is 1.60 bits per heavy atom. The van der Waals surface area contributed by atoms with Crippen LogP contribution in [0.4, 0.5) is 0 Å². The molecule has 0 aliphatic rings. The molecule has 0 aromatic heterocycles. The molecular weight excluding hydrogens is 121 g/mol. The summed E-state index contributed by atoms with van der Waals surface area (Å²) >= 11 is 0.444. The van der Waals surface area contributed by atoms with Crippen LogP contribution in [0.15, 0.2) is 0 Å². The molecule has 2 radical (unpaired) electrons. The van der Waals surface area contributed by atoms with Crippen LogP contribution in [0.5, 0.6) is 0 Å². The fourth-order valence-corrected chi connectivity index (χ4v) is 0. The first-order valence-corrected chi connectivity index (χ1v) is 5.25. The molecule has 0 aliphatic carbocycles. The number of rotatable bonds is 1. The molecule has 0 aromatic carbocycles. The zero-order valence-electron chi connectivity index (χ0n) is 4.08. The zero-order chi connectivity index (χ0) is 4.28. The second-order valence-electron chi connectivity index (χ2n) is 1.44. The maximum absolute atomic E-state index is 2.32. The van der Waals surface area contributed by atoms with Gasteiger partial charge in [-0.25, -0.2) is 0 Å². The molecule has 0 aliphatic heterocycles. The molecule has 0 N–H and O–H groups in total. The quantitative estimate of drug-likeness (QED) is 0.473. The summed E-state index contributed by atoms with van der Waals surface area (Å²) in [6.07, 6.45) is 0. The van der Waals surface area contributed by atoms with Gasteiger partial charge in [-0.3, -0.25) is 0 Å². The Morgan fingerprint density at radius 1 is 1.40 bits per heavy atom. The van der Waals surface area contributed by atoms with Gasteiger partial charge in [0.25, 0.3) is 0 Å². The summed E-state index contributed by atoms with van der Waals surface area (Å²) in [5, 5.41) is 0. The van der Waals surface area contributed by atoms with Gasteiger partial charge in [0.15, 0.2) is 0 Å². The summed E-state index contributed by atoms with van der Waals surface area (Å²) in [5.41, 5.74) is 0. The van der Waals surface area contributed by atoms with Gasteiger partial charge in [0.2, 0.25) is 0 Å². The summed E-state index contributed by atoms with van der Waals surface area (Å²) in [6, 6.07) is 0. The van der Waals surface area contributed by atoms with Crippen LogP contribution in [0.3, 0.4) is 0 Å². The Hall–Kier alpha value is 0.543. The molecule has 0 saturated carbocycles. The molecule has 1 heteroatoms. The summed E-state index contributed by atoms with van der Waals surface area (Å²) in [5.74, 6) is 2.32. The van der Waals surface area contributed by atoms with E-state index in [1.807, 2.05) is 0 Å². The van der Waals surface area contributed by atoms with E-state index in [0.717, 1.165) is 4.75 Å². The third-order valence-corrected chi connectivity index (χ3v) is 3.00.